The van der Waals surface area contributed by atoms with E-state index in [-0.39, 0.29) is 30.3 Å². The molecule has 1 aliphatic heterocycles. The summed E-state index contributed by atoms with van der Waals surface area (Å²) in [5, 5.41) is 12.3. The molecule has 2 aliphatic rings. The Balaban J connectivity index is 1.11. The Bertz CT molecular complexity index is 1760. The summed E-state index contributed by atoms with van der Waals surface area (Å²) in [6, 6.07) is 24.0. The van der Waals surface area contributed by atoms with Crippen LogP contribution in [0.25, 0.3) is 22.4 Å². The van der Waals surface area contributed by atoms with Crippen molar-refractivity contribution in [2.45, 2.75) is 83.6 Å². The number of aliphatic carboxylic acids is 1. The average molecular weight is 678 g/mol. The second kappa shape index (κ2) is 14.7. The lowest BCUT2D eigenvalue weighted by Crippen LogP contribution is -2.59. The summed E-state index contributed by atoms with van der Waals surface area (Å²) in [5.41, 5.74) is 6.30. The van der Waals surface area contributed by atoms with Gasteiger partial charge in [-0.25, -0.2) is 0 Å². The van der Waals surface area contributed by atoms with Crippen LogP contribution in [0.5, 0.6) is 0 Å². The second-order valence-electron chi connectivity index (χ2n) is 14.8. The molecule has 6 rings (SSSR count). The number of carbonyl (C=O) groups is 3. The Kier molecular flexibility index (Phi) is 10.3. The van der Waals surface area contributed by atoms with Gasteiger partial charge in [-0.05, 0) is 77.8 Å². The van der Waals surface area contributed by atoms with Crippen molar-refractivity contribution >= 4 is 29.1 Å². The van der Waals surface area contributed by atoms with E-state index in [2.05, 4.69) is 69.4 Å². The molecule has 256 valence electrons. The number of hydrogen-bond acceptors (Lipinski definition) is 5. The van der Waals surface area contributed by atoms with E-state index in [0.717, 1.165) is 38.7 Å². The molecule has 1 aliphatic carbocycles. The third-order valence-electron chi connectivity index (χ3n) is 10.3. The first-order valence-corrected chi connectivity index (χ1v) is 18.4. The fourth-order valence-corrected chi connectivity index (χ4v) is 7.93. The van der Waals surface area contributed by atoms with E-state index in [1.54, 1.807) is 6.07 Å². The van der Waals surface area contributed by atoms with Crippen LogP contribution < -0.4 is 5.32 Å². The van der Waals surface area contributed by atoms with E-state index in [1.807, 2.05) is 36.5 Å². The van der Waals surface area contributed by atoms with Crippen molar-refractivity contribution in [3.8, 4) is 22.4 Å². The normalized spacial score (nSPS) is 18.8. The van der Waals surface area contributed by atoms with Crippen molar-refractivity contribution < 1.29 is 19.5 Å². The zero-order chi connectivity index (χ0) is 34.7. The van der Waals surface area contributed by atoms with Gasteiger partial charge in [-0.1, -0.05) is 88.7 Å². The van der Waals surface area contributed by atoms with Gasteiger partial charge in [-0.15, -0.1) is 11.3 Å². The summed E-state index contributed by atoms with van der Waals surface area (Å²) in [4.78, 5) is 46.1. The van der Waals surface area contributed by atoms with Gasteiger partial charge in [0.25, 0.3) is 5.91 Å². The molecule has 49 heavy (non-hydrogen) atoms. The summed E-state index contributed by atoms with van der Waals surface area (Å²) in [6.07, 6.45) is 8.73. The summed E-state index contributed by atoms with van der Waals surface area (Å²) < 4.78 is 0. The Morgan fingerprint density at radius 3 is 2.10 bits per heavy atom. The summed E-state index contributed by atoms with van der Waals surface area (Å²) >= 11 is 1.43. The molecule has 8 heteroatoms. The zero-order valence-electron chi connectivity index (χ0n) is 28.9. The molecule has 3 heterocycles. The number of pyridine rings is 1. The predicted molar refractivity (Wildman–Crippen MR) is 196 cm³/mol. The van der Waals surface area contributed by atoms with E-state index in [4.69, 9.17) is 4.98 Å². The Morgan fingerprint density at radius 2 is 1.53 bits per heavy atom. The van der Waals surface area contributed by atoms with Crippen LogP contribution in [0.3, 0.4) is 0 Å². The Morgan fingerprint density at radius 1 is 0.878 bits per heavy atom. The molecular weight excluding hydrogens is 631 g/mol. The summed E-state index contributed by atoms with van der Waals surface area (Å²) in [7, 11) is 0. The highest BCUT2D eigenvalue weighted by molar-refractivity contribution is 7.14. The van der Waals surface area contributed by atoms with Gasteiger partial charge in [0.2, 0.25) is 5.91 Å². The fourth-order valence-electron chi connectivity index (χ4n) is 6.96. The molecule has 0 radical (unpaired) electrons. The molecule has 2 N–H and O–H groups in total. The number of thiophene rings is 1. The van der Waals surface area contributed by atoms with Crippen LogP contribution in [0.15, 0.2) is 79.0 Å². The number of nitrogens with one attached hydrogen (secondary N) is 1. The van der Waals surface area contributed by atoms with E-state index < -0.39 is 17.9 Å². The molecule has 2 fully saturated rings. The van der Waals surface area contributed by atoms with Crippen LogP contribution >= 0.6 is 11.3 Å². The fraction of sp³-hybridized carbons (Fsp3) is 0.415. The minimum Gasteiger partial charge on any atom is -0.481 e. The van der Waals surface area contributed by atoms with Crippen LogP contribution in [0.2, 0.25) is 0 Å². The number of rotatable bonds is 10. The molecule has 2 aromatic heterocycles. The third-order valence-corrected chi connectivity index (χ3v) is 11.8. The SMILES string of the molecule is CCC1CCC(c2ccc(-c3ccc(-c4ccc(C[C@H](NC(=O)c5ccc(C(C)(C)C)s5)C(=O)N5CC(C(=O)O)C5)cc4)cn3)cc2)CC1. The molecule has 1 saturated carbocycles. The number of hydrogen-bond donors (Lipinski definition) is 2. The van der Waals surface area contributed by atoms with Crippen LogP contribution in [-0.4, -0.2) is 51.9 Å². The maximum absolute atomic E-state index is 13.5. The van der Waals surface area contributed by atoms with Crippen molar-refractivity contribution in [1.82, 2.24) is 15.2 Å². The topological polar surface area (TPSA) is 99.6 Å². The zero-order valence-corrected chi connectivity index (χ0v) is 29.8. The van der Waals surface area contributed by atoms with Crippen molar-refractivity contribution in [3.63, 3.8) is 0 Å². The molecular formula is C41H47N3O4S. The van der Waals surface area contributed by atoms with Gasteiger partial charge in [0.05, 0.1) is 16.5 Å². The van der Waals surface area contributed by atoms with Gasteiger partial charge in [-0.2, -0.15) is 0 Å². The highest BCUT2D eigenvalue weighted by Crippen LogP contribution is 2.37. The van der Waals surface area contributed by atoms with Crippen LogP contribution in [0, 0.1) is 11.8 Å². The number of aromatic nitrogens is 1. The van der Waals surface area contributed by atoms with Crippen LogP contribution in [-0.2, 0) is 21.4 Å². The highest BCUT2D eigenvalue weighted by atomic mass is 32.1. The Labute approximate surface area is 293 Å². The van der Waals surface area contributed by atoms with Gasteiger partial charge in [0, 0.05) is 41.7 Å². The second-order valence-corrected chi connectivity index (χ2v) is 15.9. The van der Waals surface area contributed by atoms with Crippen molar-refractivity contribution in [2.75, 3.05) is 13.1 Å². The quantitative estimate of drug-likeness (QED) is 0.176. The van der Waals surface area contributed by atoms with E-state index in [1.165, 1.54) is 53.9 Å². The van der Waals surface area contributed by atoms with Gasteiger partial charge < -0.3 is 15.3 Å². The van der Waals surface area contributed by atoms with Gasteiger partial charge in [0.1, 0.15) is 6.04 Å². The van der Waals surface area contributed by atoms with E-state index in [0.29, 0.717) is 17.2 Å². The molecule has 2 aromatic carbocycles. The average Bonchev–Trinajstić information content (AvgIpc) is 3.60. The van der Waals surface area contributed by atoms with Gasteiger partial charge >= 0.3 is 5.97 Å². The molecule has 1 saturated heterocycles. The van der Waals surface area contributed by atoms with Crippen molar-refractivity contribution in [3.05, 3.63) is 99.9 Å². The molecule has 1 atom stereocenters. The molecule has 0 spiro atoms. The monoisotopic (exact) mass is 677 g/mol. The number of nitrogens with zero attached hydrogens (tertiary/aromatic N) is 2. The number of likely N-dealkylation sites (tertiary alicyclic amines) is 1. The lowest BCUT2D eigenvalue weighted by atomic mass is 9.78. The first-order chi connectivity index (χ1) is 23.5. The molecule has 0 unspecified atom stereocenters. The standard InChI is InChI=1S/C41H47N3O4S/c1-5-26-6-10-28(11-7-26)29-14-16-31(17-15-29)34-19-18-32(23-42-34)30-12-8-27(9-13-30)22-35(39(46)44-24-33(25-44)40(47)48)43-38(45)36-20-21-37(49-36)41(2,3)4/h8-9,12-21,23,26,28,33,35H,5-7,10-11,22,24-25H2,1-4H3,(H,43,45)(H,47,48)/t26?,28?,35-/m0/s1. The molecule has 0 bridgehead atoms. The molecule has 2 amide bonds. The summed E-state index contributed by atoms with van der Waals surface area (Å²) in [6.45, 7) is 8.91. The van der Waals surface area contributed by atoms with Crippen LogP contribution in [0.4, 0.5) is 0 Å². The minimum atomic E-state index is -0.909. The Hall–Kier alpha value is -4.30. The minimum absolute atomic E-state index is 0.0853. The predicted octanol–water partition coefficient (Wildman–Crippen LogP) is 8.34. The third kappa shape index (κ3) is 8.13. The first kappa shape index (κ1) is 34.6. The van der Waals surface area contributed by atoms with E-state index >= 15 is 0 Å². The van der Waals surface area contributed by atoms with Gasteiger partial charge in [-0.3, -0.25) is 19.4 Å². The number of carboxylic acid groups (broad SMARTS) is 1. The van der Waals surface area contributed by atoms with Crippen molar-refractivity contribution in [2.24, 2.45) is 11.8 Å². The largest absolute Gasteiger partial charge is 0.481 e. The highest BCUT2D eigenvalue weighted by Gasteiger charge is 2.39. The summed E-state index contributed by atoms with van der Waals surface area (Å²) in [5.74, 6) is -0.477. The smallest absolute Gasteiger partial charge is 0.310 e. The van der Waals surface area contributed by atoms with Gasteiger partial charge in [0.15, 0.2) is 0 Å². The number of carboxylic acids is 1. The van der Waals surface area contributed by atoms with Crippen molar-refractivity contribution in [1.29, 1.82) is 0 Å². The van der Waals surface area contributed by atoms with E-state index in [9.17, 15) is 19.5 Å². The maximum atomic E-state index is 13.5. The molecule has 7 nitrogen and oxygen atoms in total. The first-order valence-electron chi connectivity index (χ1n) is 17.6. The lowest BCUT2D eigenvalue weighted by molar-refractivity contribution is -0.153. The van der Waals surface area contributed by atoms with Crippen LogP contribution in [0.1, 0.15) is 91.4 Å². The number of amides is 2. The number of benzene rings is 2. The maximum Gasteiger partial charge on any atom is 0.310 e. The lowest BCUT2D eigenvalue weighted by Gasteiger charge is -2.38. The number of carbonyl (C=O) groups excluding carboxylic acids is 2. The molecule has 4 aromatic rings.